The van der Waals surface area contributed by atoms with Crippen molar-refractivity contribution in [3.8, 4) is 0 Å². The molecule has 0 rings (SSSR count). The molecule has 21 heavy (non-hydrogen) atoms. The van der Waals surface area contributed by atoms with Gasteiger partial charge in [-0.3, -0.25) is 4.79 Å². The van der Waals surface area contributed by atoms with Gasteiger partial charge in [0.25, 0.3) is 0 Å². The minimum Gasteiger partial charge on any atom is -0.460 e. The minimum atomic E-state index is -0.415. The van der Waals surface area contributed by atoms with Crippen LogP contribution in [-0.2, 0) is 23.8 Å². The molecule has 0 aliphatic carbocycles. The highest BCUT2D eigenvalue weighted by Crippen LogP contribution is 1.92. The second-order valence-electron chi connectivity index (χ2n) is 4.26. The van der Waals surface area contributed by atoms with Crippen LogP contribution < -0.4 is 0 Å². The summed E-state index contributed by atoms with van der Waals surface area (Å²) in [6, 6.07) is 0. The van der Waals surface area contributed by atoms with Gasteiger partial charge < -0.3 is 19.1 Å². The summed E-state index contributed by atoms with van der Waals surface area (Å²) in [6.45, 7) is 13.4. The van der Waals surface area contributed by atoms with Gasteiger partial charge in [0.1, 0.15) is 6.61 Å². The van der Waals surface area contributed by atoms with Crippen LogP contribution >= 0.6 is 0 Å². The van der Waals surface area contributed by atoms with Crippen molar-refractivity contribution in [2.75, 3.05) is 46.1 Å². The van der Waals surface area contributed by atoms with Crippen LogP contribution in [0.5, 0.6) is 0 Å². The molecule has 6 nitrogen and oxygen atoms in total. The first kappa shape index (κ1) is 19.3. The van der Waals surface area contributed by atoms with E-state index in [2.05, 4.69) is 13.2 Å². The molecule has 0 aromatic heterocycles. The smallest absolute Gasteiger partial charge is 0.333 e. The van der Waals surface area contributed by atoms with Crippen LogP contribution in [0.2, 0.25) is 0 Å². The molecule has 0 aliphatic rings. The van der Waals surface area contributed by atoms with Crippen molar-refractivity contribution in [1.82, 2.24) is 4.90 Å². The molecular weight excluding hydrogens is 274 g/mol. The lowest BCUT2D eigenvalue weighted by Gasteiger charge is -2.18. The quantitative estimate of drug-likeness (QED) is 0.307. The van der Waals surface area contributed by atoms with Gasteiger partial charge in [-0.05, 0) is 19.9 Å². The van der Waals surface area contributed by atoms with Crippen molar-refractivity contribution in [2.24, 2.45) is 0 Å². The first-order chi connectivity index (χ1) is 10.0. The molecule has 0 spiro atoms. The van der Waals surface area contributed by atoms with Gasteiger partial charge in [-0.1, -0.05) is 13.2 Å². The van der Waals surface area contributed by atoms with Gasteiger partial charge in [-0.15, -0.1) is 0 Å². The summed E-state index contributed by atoms with van der Waals surface area (Å²) in [5, 5.41) is 0. The van der Waals surface area contributed by atoms with E-state index < -0.39 is 5.97 Å². The molecular formula is C15H25NO5. The summed E-state index contributed by atoms with van der Waals surface area (Å²) in [6.07, 6.45) is 1.29. The van der Waals surface area contributed by atoms with Crippen LogP contribution in [0.3, 0.4) is 0 Å². The van der Waals surface area contributed by atoms with E-state index in [1.54, 1.807) is 11.8 Å². The van der Waals surface area contributed by atoms with Crippen molar-refractivity contribution in [2.45, 2.75) is 13.8 Å². The van der Waals surface area contributed by atoms with E-state index in [1.165, 1.54) is 6.08 Å². The first-order valence-electron chi connectivity index (χ1n) is 6.92. The summed E-state index contributed by atoms with van der Waals surface area (Å²) in [7, 11) is 0. The number of carbonyl (C=O) groups excluding carboxylic acids is 2. The maximum atomic E-state index is 11.4. The van der Waals surface area contributed by atoms with Crippen molar-refractivity contribution in [1.29, 1.82) is 0 Å². The zero-order valence-electron chi connectivity index (χ0n) is 12.9. The van der Waals surface area contributed by atoms with Crippen molar-refractivity contribution < 1.29 is 23.8 Å². The molecule has 120 valence electrons. The van der Waals surface area contributed by atoms with E-state index in [0.29, 0.717) is 45.1 Å². The van der Waals surface area contributed by atoms with Gasteiger partial charge >= 0.3 is 5.97 Å². The zero-order valence-corrected chi connectivity index (χ0v) is 12.9. The van der Waals surface area contributed by atoms with E-state index in [9.17, 15) is 9.59 Å². The van der Waals surface area contributed by atoms with Gasteiger partial charge in [0, 0.05) is 18.7 Å². The number of rotatable bonds is 12. The van der Waals surface area contributed by atoms with Gasteiger partial charge in [-0.2, -0.15) is 0 Å². The van der Waals surface area contributed by atoms with Crippen molar-refractivity contribution in [3.63, 3.8) is 0 Å². The van der Waals surface area contributed by atoms with Gasteiger partial charge in [0.2, 0.25) is 5.91 Å². The maximum absolute atomic E-state index is 11.4. The monoisotopic (exact) mass is 299 g/mol. The predicted octanol–water partition coefficient (Wildman–Crippen LogP) is 1.17. The van der Waals surface area contributed by atoms with Crippen LogP contribution in [0.1, 0.15) is 13.8 Å². The molecule has 0 aromatic rings. The lowest BCUT2D eigenvalue weighted by Crippen LogP contribution is -2.32. The standard InChI is InChI=1S/C15H25NO5/c1-5-14(17)16(6-2)7-8-19-9-10-20-11-12-21-15(18)13(3)4/h5H,1,3,6-12H2,2,4H3. The Hall–Kier alpha value is -1.66. The number of hydrogen-bond donors (Lipinski definition) is 0. The van der Waals surface area contributed by atoms with E-state index in [1.807, 2.05) is 6.92 Å². The Morgan fingerprint density at radius 3 is 2.19 bits per heavy atom. The normalized spacial score (nSPS) is 10.0. The second-order valence-corrected chi connectivity index (χ2v) is 4.26. The lowest BCUT2D eigenvalue weighted by atomic mass is 10.4. The maximum Gasteiger partial charge on any atom is 0.333 e. The fourth-order valence-corrected chi connectivity index (χ4v) is 1.37. The Labute approximate surface area is 126 Å². The number of amides is 1. The highest BCUT2D eigenvalue weighted by molar-refractivity contribution is 5.87. The van der Waals surface area contributed by atoms with Crippen molar-refractivity contribution in [3.05, 3.63) is 24.8 Å². The van der Waals surface area contributed by atoms with Crippen LogP contribution in [-0.4, -0.2) is 62.9 Å². The number of likely N-dealkylation sites (N-methyl/N-ethyl adjacent to an activating group) is 1. The summed E-state index contributed by atoms with van der Waals surface area (Å²) >= 11 is 0. The predicted molar refractivity (Wildman–Crippen MR) is 79.9 cm³/mol. The Morgan fingerprint density at radius 1 is 1.10 bits per heavy atom. The third-order valence-corrected chi connectivity index (χ3v) is 2.55. The molecule has 0 radical (unpaired) electrons. The molecule has 0 atom stereocenters. The number of ether oxygens (including phenoxy) is 3. The minimum absolute atomic E-state index is 0.100. The van der Waals surface area contributed by atoms with Crippen LogP contribution in [0.15, 0.2) is 24.8 Å². The second kappa shape index (κ2) is 12.1. The third kappa shape index (κ3) is 9.81. The molecule has 0 heterocycles. The highest BCUT2D eigenvalue weighted by Gasteiger charge is 2.06. The molecule has 0 N–H and O–H groups in total. The summed E-state index contributed by atoms with van der Waals surface area (Å²) in [4.78, 5) is 24.1. The lowest BCUT2D eigenvalue weighted by molar-refractivity contribution is -0.140. The molecule has 0 saturated carbocycles. The zero-order chi connectivity index (χ0) is 16.1. The highest BCUT2D eigenvalue weighted by atomic mass is 16.6. The topological polar surface area (TPSA) is 65.1 Å². The fraction of sp³-hybridized carbons (Fsp3) is 0.600. The van der Waals surface area contributed by atoms with Crippen LogP contribution in [0.4, 0.5) is 0 Å². The molecule has 0 bridgehead atoms. The van der Waals surface area contributed by atoms with Crippen molar-refractivity contribution >= 4 is 11.9 Å². The van der Waals surface area contributed by atoms with E-state index in [4.69, 9.17) is 14.2 Å². The molecule has 1 amide bonds. The Balaban J connectivity index is 3.44. The number of carbonyl (C=O) groups is 2. The van der Waals surface area contributed by atoms with Crippen LogP contribution in [0, 0.1) is 0 Å². The molecule has 0 unspecified atom stereocenters. The average molecular weight is 299 g/mol. The third-order valence-electron chi connectivity index (χ3n) is 2.55. The summed E-state index contributed by atoms with van der Waals surface area (Å²) in [5.41, 5.74) is 0.368. The average Bonchev–Trinajstić information content (AvgIpc) is 2.48. The SMILES string of the molecule is C=CC(=O)N(CC)CCOCCOCCOC(=O)C(=C)C. The number of nitrogens with zero attached hydrogens (tertiary/aromatic N) is 1. The largest absolute Gasteiger partial charge is 0.460 e. The number of esters is 1. The van der Waals surface area contributed by atoms with Gasteiger partial charge in [0.05, 0.1) is 26.4 Å². The van der Waals surface area contributed by atoms with E-state index in [-0.39, 0.29) is 12.5 Å². The molecule has 6 heteroatoms. The Morgan fingerprint density at radius 2 is 1.67 bits per heavy atom. The molecule has 0 saturated heterocycles. The summed E-state index contributed by atoms with van der Waals surface area (Å²) in [5.74, 6) is -0.516. The Kier molecular flexibility index (Phi) is 11.2. The van der Waals surface area contributed by atoms with E-state index in [0.717, 1.165) is 0 Å². The molecule has 0 fully saturated rings. The van der Waals surface area contributed by atoms with Gasteiger partial charge in [0.15, 0.2) is 0 Å². The molecule has 0 aromatic carbocycles. The number of hydrogen-bond acceptors (Lipinski definition) is 5. The van der Waals surface area contributed by atoms with Gasteiger partial charge in [-0.25, -0.2) is 4.79 Å². The summed E-state index contributed by atoms with van der Waals surface area (Å²) < 4.78 is 15.4. The fourth-order valence-electron chi connectivity index (χ4n) is 1.37. The first-order valence-corrected chi connectivity index (χ1v) is 6.92. The van der Waals surface area contributed by atoms with E-state index >= 15 is 0 Å². The van der Waals surface area contributed by atoms with Crippen LogP contribution in [0.25, 0.3) is 0 Å². The molecule has 0 aliphatic heterocycles. The Bertz CT molecular complexity index is 354.